The van der Waals surface area contributed by atoms with Crippen molar-refractivity contribution in [2.45, 2.75) is 33.8 Å². The molecule has 2 atom stereocenters. The fourth-order valence-corrected chi connectivity index (χ4v) is 4.10. The maximum atomic E-state index is 13.0. The van der Waals surface area contributed by atoms with E-state index < -0.39 is 12.5 Å². The second-order valence-corrected chi connectivity index (χ2v) is 8.38. The van der Waals surface area contributed by atoms with Gasteiger partial charge < -0.3 is 19.7 Å². The second-order valence-electron chi connectivity index (χ2n) is 8.38. The van der Waals surface area contributed by atoms with Gasteiger partial charge in [0.2, 0.25) is 0 Å². The van der Waals surface area contributed by atoms with E-state index in [0.717, 1.165) is 12.0 Å². The molecule has 32 heavy (non-hydrogen) atoms. The van der Waals surface area contributed by atoms with Crippen molar-refractivity contribution in [2.75, 3.05) is 25.5 Å². The smallest absolute Gasteiger partial charge is 0.387 e. The van der Waals surface area contributed by atoms with Crippen molar-refractivity contribution in [2.24, 2.45) is 11.8 Å². The molecule has 3 rings (SSSR count). The molecule has 1 fully saturated rings. The van der Waals surface area contributed by atoms with Crippen LogP contribution in [0.5, 0.6) is 11.5 Å². The van der Waals surface area contributed by atoms with E-state index in [1.165, 1.54) is 25.3 Å². The lowest BCUT2D eigenvalue weighted by Crippen LogP contribution is -2.42. The van der Waals surface area contributed by atoms with Crippen molar-refractivity contribution in [1.29, 1.82) is 0 Å². The first-order chi connectivity index (χ1) is 15.2. The monoisotopic (exact) mass is 446 g/mol. The molecule has 8 heteroatoms. The Balaban J connectivity index is 1.80. The molecule has 0 aromatic heterocycles. The first kappa shape index (κ1) is 23.5. The number of halogens is 2. The topological polar surface area (TPSA) is 67.9 Å². The maximum absolute atomic E-state index is 13.0. The lowest BCUT2D eigenvalue weighted by Gasteiger charge is -2.35. The number of benzene rings is 2. The summed E-state index contributed by atoms with van der Waals surface area (Å²) in [6.45, 7) is 4.45. The zero-order chi connectivity index (χ0) is 23.4. The number of alkyl halides is 2. The molecule has 1 aliphatic heterocycles. The van der Waals surface area contributed by atoms with Crippen LogP contribution in [0, 0.1) is 18.8 Å². The zero-order valence-corrected chi connectivity index (χ0v) is 18.7. The average molecular weight is 446 g/mol. The summed E-state index contributed by atoms with van der Waals surface area (Å²) in [6.07, 6.45) is 1.10. The minimum Gasteiger partial charge on any atom is -0.493 e. The Hall–Kier alpha value is -3.16. The van der Waals surface area contributed by atoms with E-state index in [2.05, 4.69) is 23.9 Å². The number of likely N-dealkylation sites (tertiary alicyclic amines) is 1. The average Bonchev–Trinajstić information content (AvgIpc) is 2.73. The molecule has 1 aliphatic rings. The normalized spacial score (nSPS) is 18.4. The van der Waals surface area contributed by atoms with Gasteiger partial charge in [-0.05, 0) is 61.1 Å². The first-order valence-corrected chi connectivity index (χ1v) is 10.5. The summed E-state index contributed by atoms with van der Waals surface area (Å²) < 4.78 is 34.8. The number of hydrogen-bond donors (Lipinski definition) is 1. The van der Waals surface area contributed by atoms with Gasteiger partial charge in [0.05, 0.1) is 7.11 Å². The van der Waals surface area contributed by atoms with Crippen molar-refractivity contribution in [1.82, 2.24) is 4.90 Å². The van der Waals surface area contributed by atoms with Crippen molar-refractivity contribution in [3.63, 3.8) is 0 Å². The fraction of sp³-hybridized carbons (Fsp3) is 0.417. The third-order valence-corrected chi connectivity index (χ3v) is 5.53. The van der Waals surface area contributed by atoms with E-state index in [-0.39, 0.29) is 23.0 Å². The fourth-order valence-electron chi connectivity index (χ4n) is 4.10. The van der Waals surface area contributed by atoms with Crippen LogP contribution in [0.3, 0.4) is 0 Å². The first-order valence-electron chi connectivity index (χ1n) is 10.5. The van der Waals surface area contributed by atoms with Gasteiger partial charge in [-0.1, -0.05) is 19.9 Å². The van der Waals surface area contributed by atoms with Crippen LogP contribution in [0.25, 0.3) is 0 Å². The van der Waals surface area contributed by atoms with Crippen molar-refractivity contribution in [3.8, 4) is 11.5 Å². The number of nitrogens with zero attached hydrogens (tertiary/aromatic N) is 1. The lowest BCUT2D eigenvalue weighted by atomic mass is 9.91. The Bertz CT molecular complexity index is 986. The van der Waals surface area contributed by atoms with Crippen LogP contribution in [0.1, 0.15) is 46.5 Å². The summed E-state index contributed by atoms with van der Waals surface area (Å²) in [6, 6.07) is 9.21. The molecule has 1 heterocycles. The van der Waals surface area contributed by atoms with E-state index >= 15 is 0 Å². The maximum Gasteiger partial charge on any atom is 0.387 e. The molecule has 172 valence electrons. The molecule has 0 aliphatic carbocycles. The number of carbonyl (C=O) groups excluding carboxylic acids is 2. The predicted octanol–water partition coefficient (Wildman–Crippen LogP) is 4.98. The Morgan fingerprint density at radius 1 is 1.03 bits per heavy atom. The number of hydrogen-bond acceptors (Lipinski definition) is 4. The Kier molecular flexibility index (Phi) is 7.33. The van der Waals surface area contributed by atoms with E-state index in [1.807, 2.05) is 11.8 Å². The van der Waals surface area contributed by atoms with Gasteiger partial charge in [0.15, 0.2) is 11.5 Å². The Morgan fingerprint density at radius 3 is 2.31 bits per heavy atom. The summed E-state index contributed by atoms with van der Waals surface area (Å²) in [5.41, 5.74) is 1.86. The summed E-state index contributed by atoms with van der Waals surface area (Å²) in [7, 11) is 1.32. The summed E-state index contributed by atoms with van der Waals surface area (Å²) >= 11 is 0. The van der Waals surface area contributed by atoms with Gasteiger partial charge >= 0.3 is 6.61 Å². The lowest BCUT2D eigenvalue weighted by molar-refractivity contribution is -0.0512. The molecule has 1 N–H and O–H groups in total. The van der Waals surface area contributed by atoms with Gasteiger partial charge in [0.1, 0.15) is 0 Å². The van der Waals surface area contributed by atoms with Gasteiger partial charge in [-0.3, -0.25) is 9.59 Å². The number of piperidine rings is 1. The van der Waals surface area contributed by atoms with Crippen LogP contribution >= 0.6 is 0 Å². The number of carbonyl (C=O) groups is 2. The standard InChI is InChI=1S/C24H28F2N2O4/c1-14-9-15(2)13-28(12-14)23(30)18-6-5-16(3)19(10-18)27-22(29)17-7-8-20(31-4)21(11-17)32-24(25)26/h5-8,10-11,14-15,24H,9,12-13H2,1-4H3,(H,27,29). The van der Waals surface area contributed by atoms with E-state index in [1.54, 1.807) is 18.2 Å². The van der Waals surface area contributed by atoms with Crippen LogP contribution in [-0.4, -0.2) is 43.5 Å². The second kappa shape index (κ2) is 9.97. The van der Waals surface area contributed by atoms with E-state index in [4.69, 9.17) is 4.74 Å². The van der Waals surface area contributed by atoms with Crippen LogP contribution in [0.2, 0.25) is 0 Å². The summed E-state index contributed by atoms with van der Waals surface area (Å²) in [5.74, 6) is 0.148. The van der Waals surface area contributed by atoms with Crippen LogP contribution in [-0.2, 0) is 0 Å². The van der Waals surface area contributed by atoms with Crippen LogP contribution < -0.4 is 14.8 Å². The molecule has 1 saturated heterocycles. The quantitative estimate of drug-likeness (QED) is 0.680. The number of aryl methyl sites for hydroxylation is 1. The zero-order valence-electron chi connectivity index (χ0n) is 18.7. The number of ether oxygens (including phenoxy) is 2. The summed E-state index contributed by atoms with van der Waals surface area (Å²) in [4.78, 5) is 27.7. The van der Waals surface area contributed by atoms with Gasteiger partial charge in [-0.15, -0.1) is 0 Å². The highest BCUT2D eigenvalue weighted by molar-refractivity contribution is 6.06. The molecule has 2 aromatic rings. The van der Waals surface area contributed by atoms with Crippen molar-refractivity contribution >= 4 is 17.5 Å². The molecule has 0 saturated carbocycles. The highest BCUT2D eigenvalue weighted by atomic mass is 19.3. The molecule has 0 bridgehead atoms. The highest BCUT2D eigenvalue weighted by Gasteiger charge is 2.26. The molecular weight excluding hydrogens is 418 g/mol. The molecule has 0 spiro atoms. The third kappa shape index (κ3) is 5.55. The minimum absolute atomic E-state index is 0.0732. The number of methoxy groups -OCH3 is 1. The van der Waals surface area contributed by atoms with Gasteiger partial charge in [-0.25, -0.2) is 0 Å². The largest absolute Gasteiger partial charge is 0.493 e. The van der Waals surface area contributed by atoms with Crippen LogP contribution in [0.15, 0.2) is 36.4 Å². The predicted molar refractivity (Wildman–Crippen MR) is 118 cm³/mol. The van der Waals surface area contributed by atoms with Crippen molar-refractivity contribution in [3.05, 3.63) is 53.1 Å². The number of amides is 2. The highest BCUT2D eigenvalue weighted by Crippen LogP contribution is 2.30. The molecular formula is C24H28F2N2O4. The molecule has 2 amide bonds. The number of rotatable bonds is 6. The van der Waals surface area contributed by atoms with Crippen molar-refractivity contribution < 1.29 is 27.8 Å². The Labute approximate surface area is 186 Å². The van der Waals surface area contributed by atoms with E-state index in [9.17, 15) is 18.4 Å². The third-order valence-electron chi connectivity index (χ3n) is 5.53. The van der Waals surface area contributed by atoms with Gasteiger partial charge in [0.25, 0.3) is 11.8 Å². The van der Waals surface area contributed by atoms with E-state index in [0.29, 0.717) is 36.2 Å². The number of anilines is 1. The minimum atomic E-state index is -3.05. The van der Waals surface area contributed by atoms with Crippen LogP contribution in [0.4, 0.5) is 14.5 Å². The summed E-state index contributed by atoms with van der Waals surface area (Å²) in [5, 5.41) is 2.77. The van der Waals surface area contributed by atoms with Gasteiger partial charge in [-0.2, -0.15) is 8.78 Å². The molecule has 0 radical (unpaired) electrons. The Morgan fingerprint density at radius 2 is 1.69 bits per heavy atom. The SMILES string of the molecule is COc1ccc(C(=O)Nc2cc(C(=O)N3CC(C)CC(C)C3)ccc2C)cc1OC(F)F. The molecule has 6 nitrogen and oxygen atoms in total. The number of nitrogens with one attached hydrogen (secondary N) is 1. The van der Waals surface area contributed by atoms with Gasteiger partial charge in [0, 0.05) is 29.9 Å². The molecule has 2 unspecified atom stereocenters. The molecule has 2 aromatic carbocycles.